The predicted molar refractivity (Wildman–Crippen MR) is 122 cm³/mol. The van der Waals surface area contributed by atoms with E-state index in [1.54, 1.807) is 13.2 Å². The summed E-state index contributed by atoms with van der Waals surface area (Å²) in [4.78, 5) is 12.6. The monoisotopic (exact) mass is 422 g/mol. The van der Waals surface area contributed by atoms with Gasteiger partial charge in [0, 0.05) is 17.8 Å². The molecular weight excluding hydrogens is 396 g/mol. The van der Waals surface area contributed by atoms with Gasteiger partial charge in [-0.2, -0.15) is 0 Å². The third-order valence-electron chi connectivity index (χ3n) is 4.55. The Morgan fingerprint density at radius 1 is 1.23 bits per heavy atom. The summed E-state index contributed by atoms with van der Waals surface area (Å²) in [5, 5.41) is 12.3. The van der Waals surface area contributed by atoms with E-state index in [9.17, 15) is 4.79 Å². The Labute approximate surface area is 181 Å². The fourth-order valence-corrected chi connectivity index (χ4v) is 3.84. The average molecular weight is 423 g/mol. The van der Waals surface area contributed by atoms with Crippen LogP contribution in [-0.2, 0) is 11.3 Å². The molecule has 1 aromatic heterocycles. The molecule has 156 valence electrons. The standard InChI is InChI=1S/C23H26N4O2S/c1-5-13-27-22(17-9-8-10-18(14-17)29-4)25-26-23(27)30-15-21(28)24-20-12-7-6-11-19(20)16(2)3/h5-12,14,16H,1,13,15H2,2-4H3,(H,24,28). The topological polar surface area (TPSA) is 69.0 Å². The van der Waals surface area contributed by atoms with Crippen molar-refractivity contribution in [1.82, 2.24) is 14.8 Å². The van der Waals surface area contributed by atoms with Crippen molar-refractivity contribution in [1.29, 1.82) is 0 Å². The number of benzene rings is 2. The van der Waals surface area contributed by atoms with Gasteiger partial charge >= 0.3 is 0 Å². The van der Waals surface area contributed by atoms with E-state index < -0.39 is 0 Å². The highest BCUT2D eigenvalue weighted by Crippen LogP contribution is 2.27. The molecule has 0 aliphatic carbocycles. The van der Waals surface area contributed by atoms with Crippen LogP contribution in [-0.4, -0.2) is 33.5 Å². The van der Waals surface area contributed by atoms with Crippen LogP contribution in [0.25, 0.3) is 11.4 Å². The second-order valence-corrected chi connectivity index (χ2v) is 7.96. The van der Waals surface area contributed by atoms with Crippen LogP contribution in [0.1, 0.15) is 25.3 Å². The van der Waals surface area contributed by atoms with Gasteiger partial charge in [0.05, 0.1) is 12.9 Å². The summed E-state index contributed by atoms with van der Waals surface area (Å²) in [6.07, 6.45) is 1.79. The summed E-state index contributed by atoms with van der Waals surface area (Å²) in [6, 6.07) is 15.5. The van der Waals surface area contributed by atoms with Crippen molar-refractivity contribution < 1.29 is 9.53 Å². The number of nitrogens with zero attached hydrogens (tertiary/aromatic N) is 3. The number of hydrogen-bond donors (Lipinski definition) is 1. The zero-order valence-electron chi connectivity index (χ0n) is 17.5. The smallest absolute Gasteiger partial charge is 0.234 e. The van der Waals surface area contributed by atoms with Gasteiger partial charge in [0.25, 0.3) is 0 Å². The van der Waals surface area contributed by atoms with Crippen LogP contribution < -0.4 is 10.1 Å². The van der Waals surface area contributed by atoms with Gasteiger partial charge in [0.1, 0.15) is 5.75 Å². The van der Waals surface area contributed by atoms with E-state index in [2.05, 4.69) is 35.9 Å². The first-order valence-corrected chi connectivity index (χ1v) is 10.7. The summed E-state index contributed by atoms with van der Waals surface area (Å²) in [6.45, 7) is 8.59. The van der Waals surface area contributed by atoms with Crippen LogP contribution in [0.3, 0.4) is 0 Å². The van der Waals surface area contributed by atoms with E-state index in [-0.39, 0.29) is 11.7 Å². The molecule has 7 heteroatoms. The number of para-hydroxylation sites is 1. The third kappa shape index (κ3) is 5.10. The highest BCUT2D eigenvalue weighted by molar-refractivity contribution is 7.99. The molecule has 3 rings (SSSR count). The molecule has 0 unspecified atom stereocenters. The minimum absolute atomic E-state index is 0.0795. The van der Waals surface area contributed by atoms with Crippen molar-refractivity contribution in [2.45, 2.75) is 31.5 Å². The van der Waals surface area contributed by atoms with Crippen molar-refractivity contribution in [2.24, 2.45) is 0 Å². The summed E-state index contributed by atoms with van der Waals surface area (Å²) < 4.78 is 7.26. The number of carbonyl (C=O) groups is 1. The number of methoxy groups -OCH3 is 1. The number of amides is 1. The minimum Gasteiger partial charge on any atom is -0.497 e. The van der Waals surface area contributed by atoms with Crippen LogP contribution in [0.15, 0.2) is 66.3 Å². The number of nitrogens with one attached hydrogen (secondary N) is 1. The van der Waals surface area contributed by atoms with Gasteiger partial charge in [0.15, 0.2) is 11.0 Å². The number of allylic oxidation sites excluding steroid dienone is 1. The lowest BCUT2D eigenvalue weighted by Crippen LogP contribution is -2.16. The van der Waals surface area contributed by atoms with Gasteiger partial charge in [-0.25, -0.2) is 0 Å². The number of aromatic nitrogens is 3. The van der Waals surface area contributed by atoms with Crippen molar-refractivity contribution >= 4 is 23.4 Å². The van der Waals surface area contributed by atoms with Gasteiger partial charge in [-0.3, -0.25) is 9.36 Å². The molecule has 0 saturated carbocycles. The predicted octanol–water partition coefficient (Wildman–Crippen LogP) is 4.99. The molecule has 0 saturated heterocycles. The maximum atomic E-state index is 12.6. The van der Waals surface area contributed by atoms with Gasteiger partial charge in [-0.05, 0) is 29.7 Å². The molecule has 0 aliphatic heterocycles. The van der Waals surface area contributed by atoms with Crippen molar-refractivity contribution in [3.63, 3.8) is 0 Å². The van der Waals surface area contributed by atoms with E-state index in [0.29, 0.717) is 23.4 Å². The molecule has 1 N–H and O–H groups in total. The number of hydrogen-bond acceptors (Lipinski definition) is 5. The molecule has 1 amide bonds. The minimum atomic E-state index is -0.0795. The molecule has 6 nitrogen and oxygen atoms in total. The Kier molecular flexibility index (Phi) is 7.30. The Bertz CT molecular complexity index is 1030. The second kappa shape index (κ2) is 10.1. The van der Waals surface area contributed by atoms with Gasteiger partial charge in [-0.1, -0.05) is 62.0 Å². The molecule has 0 radical (unpaired) electrons. The quantitative estimate of drug-likeness (QED) is 0.388. The molecule has 0 fully saturated rings. The molecule has 2 aromatic carbocycles. The molecule has 0 atom stereocenters. The molecular formula is C23H26N4O2S. The first-order valence-electron chi connectivity index (χ1n) is 9.73. The van der Waals surface area contributed by atoms with Crippen molar-refractivity contribution in [3.8, 4) is 17.1 Å². The summed E-state index contributed by atoms with van der Waals surface area (Å²) >= 11 is 1.35. The lowest BCUT2D eigenvalue weighted by atomic mass is 10.0. The van der Waals surface area contributed by atoms with Crippen LogP contribution in [0, 0.1) is 0 Å². The van der Waals surface area contributed by atoms with E-state index in [4.69, 9.17) is 4.74 Å². The fourth-order valence-electron chi connectivity index (χ4n) is 3.10. The lowest BCUT2D eigenvalue weighted by Gasteiger charge is -2.13. The lowest BCUT2D eigenvalue weighted by molar-refractivity contribution is -0.113. The largest absolute Gasteiger partial charge is 0.497 e. The van der Waals surface area contributed by atoms with E-state index in [1.807, 2.05) is 53.1 Å². The highest BCUT2D eigenvalue weighted by Gasteiger charge is 2.16. The number of anilines is 1. The number of thioether (sulfide) groups is 1. The number of ether oxygens (including phenoxy) is 1. The Morgan fingerprint density at radius 3 is 2.77 bits per heavy atom. The Hall–Kier alpha value is -3.06. The second-order valence-electron chi connectivity index (χ2n) is 7.02. The third-order valence-corrected chi connectivity index (χ3v) is 5.51. The zero-order chi connectivity index (χ0) is 21.5. The normalized spacial score (nSPS) is 10.8. The molecule has 0 bridgehead atoms. The van der Waals surface area contributed by atoms with E-state index in [0.717, 1.165) is 22.6 Å². The fraction of sp³-hybridized carbons (Fsp3) is 0.261. The number of rotatable bonds is 9. The van der Waals surface area contributed by atoms with Crippen LogP contribution in [0.4, 0.5) is 5.69 Å². The maximum Gasteiger partial charge on any atom is 0.234 e. The van der Waals surface area contributed by atoms with Gasteiger partial charge in [0.2, 0.25) is 5.91 Å². The van der Waals surface area contributed by atoms with E-state index in [1.165, 1.54) is 11.8 Å². The molecule has 0 aliphatic rings. The zero-order valence-corrected chi connectivity index (χ0v) is 18.3. The van der Waals surface area contributed by atoms with Gasteiger partial charge < -0.3 is 10.1 Å². The molecule has 1 heterocycles. The van der Waals surface area contributed by atoms with Crippen LogP contribution >= 0.6 is 11.8 Å². The first-order chi connectivity index (χ1) is 14.5. The summed E-state index contributed by atoms with van der Waals surface area (Å²) in [7, 11) is 1.63. The highest BCUT2D eigenvalue weighted by atomic mass is 32.2. The van der Waals surface area contributed by atoms with Gasteiger partial charge in [-0.15, -0.1) is 16.8 Å². The average Bonchev–Trinajstić information content (AvgIpc) is 3.15. The molecule has 0 spiro atoms. The summed E-state index contributed by atoms with van der Waals surface area (Å²) in [5.74, 6) is 1.94. The summed E-state index contributed by atoms with van der Waals surface area (Å²) in [5.41, 5.74) is 2.86. The maximum absolute atomic E-state index is 12.6. The van der Waals surface area contributed by atoms with E-state index >= 15 is 0 Å². The van der Waals surface area contributed by atoms with Crippen molar-refractivity contribution in [3.05, 3.63) is 66.7 Å². The molecule has 30 heavy (non-hydrogen) atoms. The SMILES string of the molecule is C=CCn1c(SCC(=O)Nc2ccccc2C(C)C)nnc1-c1cccc(OC)c1. The van der Waals surface area contributed by atoms with Crippen molar-refractivity contribution in [2.75, 3.05) is 18.2 Å². The Balaban J connectivity index is 1.75. The van der Waals surface area contributed by atoms with Crippen LogP contribution in [0.2, 0.25) is 0 Å². The Morgan fingerprint density at radius 2 is 2.03 bits per heavy atom. The molecule has 3 aromatic rings. The number of carbonyl (C=O) groups excluding carboxylic acids is 1. The van der Waals surface area contributed by atoms with Crippen LogP contribution in [0.5, 0.6) is 5.75 Å². The first kappa shape index (κ1) is 21.6.